The first kappa shape index (κ1) is 22.1. The lowest BCUT2D eigenvalue weighted by molar-refractivity contribution is -0.138. The van der Waals surface area contributed by atoms with Crippen molar-refractivity contribution in [3.8, 4) is 6.07 Å². The number of hydrogen-bond donors (Lipinski definition) is 1. The minimum absolute atomic E-state index is 0.0479. The fraction of sp³-hybridized carbons (Fsp3) is 0.364. The summed E-state index contributed by atoms with van der Waals surface area (Å²) in [6, 6.07) is 12.7. The van der Waals surface area contributed by atoms with Crippen molar-refractivity contribution in [1.29, 1.82) is 5.26 Å². The molecule has 30 heavy (non-hydrogen) atoms. The fourth-order valence-corrected chi connectivity index (χ4v) is 3.85. The third-order valence-corrected chi connectivity index (χ3v) is 5.49. The molecular weight excluding hydrogens is 415 g/mol. The number of alkyl halides is 3. The zero-order chi connectivity index (χ0) is 21.7. The standard InChI is InChI=1S/C22H21ClF3N3O/c23-19-3-1-2-16(10-19)14-29-8-6-17(7-9-29)21(30)28-13-18-5-4-15(12-27)11-20(18)22(24,25)26/h1-5,10-11,17H,6-9,13-14H2,(H,28,30). The molecule has 4 nitrogen and oxygen atoms in total. The summed E-state index contributed by atoms with van der Waals surface area (Å²) in [7, 11) is 0. The third-order valence-electron chi connectivity index (χ3n) is 5.25. The number of halogens is 4. The van der Waals surface area contributed by atoms with Crippen molar-refractivity contribution in [2.45, 2.75) is 32.1 Å². The van der Waals surface area contributed by atoms with Gasteiger partial charge in [0.25, 0.3) is 0 Å². The first-order valence-corrected chi connectivity index (χ1v) is 9.99. The first-order chi connectivity index (χ1) is 14.3. The van der Waals surface area contributed by atoms with E-state index in [1.165, 1.54) is 12.1 Å². The third kappa shape index (κ3) is 5.74. The molecule has 8 heteroatoms. The van der Waals surface area contributed by atoms with Crippen molar-refractivity contribution in [2.75, 3.05) is 13.1 Å². The molecule has 0 saturated carbocycles. The summed E-state index contributed by atoms with van der Waals surface area (Å²) in [4.78, 5) is 14.7. The normalized spacial score (nSPS) is 15.6. The molecule has 0 spiro atoms. The summed E-state index contributed by atoms with van der Waals surface area (Å²) in [6.07, 6.45) is -3.30. The summed E-state index contributed by atoms with van der Waals surface area (Å²) >= 11 is 6.01. The van der Waals surface area contributed by atoms with E-state index in [4.69, 9.17) is 16.9 Å². The van der Waals surface area contributed by atoms with Gasteiger partial charge >= 0.3 is 6.18 Å². The van der Waals surface area contributed by atoms with Crippen LogP contribution in [0.15, 0.2) is 42.5 Å². The molecule has 158 valence electrons. The van der Waals surface area contributed by atoms with Crippen LogP contribution in [0, 0.1) is 17.2 Å². The Bertz CT molecular complexity index is 947. The van der Waals surface area contributed by atoms with Crippen molar-refractivity contribution in [1.82, 2.24) is 10.2 Å². The van der Waals surface area contributed by atoms with Crippen molar-refractivity contribution >= 4 is 17.5 Å². The Morgan fingerprint density at radius 3 is 2.57 bits per heavy atom. The van der Waals surface area contributed by atoms with E-state index in [-0.39, 0.29) is 29.5 Å². The second-order valence-corrected chi connectivity index (χ2v) is 7.82. The van der Waals surface area contributed by atoms with E-state index in [2.05, 4.69) is 10.2 Å². The molecule has 1 aliphatic heterocycles. The van der Waals surface area contributed by atoms with Crippen LogP contribution < -0.4 is 5.32 Å². The van der Waals surface area contributed by atoms with Gasteiger partial charge in [-0.2, -0.15) is 18.4 Å². The number of hydrogen-bond acceptors (Lipinski definition) is 3. The molecule has 3 rings (SSSR count). The Kier molecular flexibility index (Phi) is 7.01. The first-order valence-electron chi connectivity index (χ1n) is 9.61. The fourth-order valence-electron chi connectivity index (χ4n) is 3.64. The topological polar surface area (TPSA) is 56.1 Å². The Labute approximate surface area is 178 Å². The molecule has 1 fully saturated rings. The molecule has 2 aromatic carbocycles. The Morgan fingerprint density at radius 2 is 1.93 bits per heavy atom. The number of likely N-dealkylation sites (tertiary alicyclic amines) is 1. The molecule has 1 aliphatic rings. The maximum atomic E-state index is 13.3. The SMILES string of the molecule is N#Cc1ccc(CNC(=O)C2CCN(Cc3cccc(Cl)c3)CC2)c(C(F)(F)F)c1. The highest BCUT2D eigenvalue weighted by atomic mass is 35.5. The van der Waals surface area contributed by atoms with Gasteiger partial charge in [-0.3, -0.25) is 9.69 Å². The second-order valence-electron chi connectivity index (χ2n) is 7.38. The number of nitrogens with zero attached hydrogens (tertiary/aromatic N) is 2. The van der Waals surface area contributed by atoms with E-state index in [9.17, 15) is 18.0 Å². The minimum Gasteiger partial charge on any atom is -0.352 e. The van der Waals surface area contributed by atoms with Gasteiger partial charge in [-0.15, -0.1) is 0 Å². The number of benzene rings is 2. The van der Waals surface area contributed by atoms with Gasteiger partial charge in [0.05, 0.1) is 17.2 Å². The second kappa shape index (κ2) is 9.50. The van der Waals surface area contributed by atoms with E-state index < -0.39 is 11.7 Å². The predicted octanol–water partition coefficient (Wildman–Crippen LogP) is 4.76. The highest BCUT2D eigenvalue weighted by Crippen LogP contribution is 2.32. The van der Waals surface area contributed by atoms with Crippen molar-refractivity contribution < 1.29 is 18.0 Å². The summed E-state index contributed by atoms with van der Waals surface area (Å²) in [5.41, 5.74) is 0.0989. The van der Waals surface area contributed by atoms with E-state index in [0.29, 0.717) is 17.9 Å². The lowest BCUT2D eigenvalue weighted by Crippen LogP contribution is -2.40. The van der Waals surface area contributed by atoms with Crippen LogP contribution in [0.1, 0.15) is 35.1 Å². The summed E-state index contributed by atoms with van der Waals surface area (Å²) < 4.78 is 39.8. The van der Waals surface area contributed by atoms with Gasteiger partial charge in [0.1, 0.15) is 0 Å². The Hall–Kier alpha value is -2.56. The van der Waals surface area contributed by atoms with E-state index in [1.54, 1.807) is 6.07 Å². The highest BCUT2D eigenvalue weighted by molar-refractivity contribution is 6.30. The van der Waals surface area contributed by atoms with Crippen LogP contribution in [0.25, 0.3) is 0 Å². The Balaban J connectivity index is 1.54. The largest absolute Gasteiger partial charge is 0.416 e. The van der Waals surface area contributed by atoms with E-state index >= 15 is 0 Å². The van der Waals surface area contributed by atoms with Crippen LogP contribution in [-0.4, -0.2) is 23.9 Å². The molecule has 0 bridgehead atoms. The van der Waals surface area contributed by atoms with Gasteiger partial charge < -0.3 is 5.32 Å². The van der Waals surface area contributed by atoms with Crippen molar-refractivity contribution in [2.24, 2.45) is 5.92 Å². The predicted molar refractivity (Wildman–Crippen MR) is 107 cm³/mol. The van der Waals surface area contributed by atoms with Crippen LogP contribution in [0.4, 0.5) is 13.2 Å². The highest BCUT2D eigenvalue weighted by Gasteiger charge is 2.34. The van der Waals surface area contributed by atoms with Gasteiger partial charge in [-0.05, 0) is 61.3 Å². The molecule has 1 N–H and O–H groups in total. The maximum absolute atomic E-state index is 13.3. The molecule has 1 heterocycles. The summed E-state index contributed by atoms with van der Waals surface area (Å²) in [5.74, 6) is -0.469. The zero-order valence-corrected chi connectivity index (χ0v) is 16.9. The minimum atomic E-state index is -4.58. The quantitative estimate of drug-likeness (QED) is 0.736. The summed E-state index contributed by atoms with van der Waals surface area (Å²) in [5, 5.41) is 12.2. The van der Waals surface area contributed by atoms with Crippen molar-refractivity contribution in [3.63, 3.8) is 0 Å². The lowest BCUT2D eigenvalue weighted by Gasteiger charge is -2.31. The Morgan fingerprint density at radius 1 is 1.20 bits per heavy atom. The zero-order valence-electron chi connectivity index (χ0n) is 16.2. The molecular formula is C22H21ClF3N3O. The maximum Gasteiger partial charge on any atom is 0.416 e. The molecule has 1 amide bonds. The molecule has 0 unspecified atom stereocenters. The van der Waals surface area contributed by atoms with E-state index in [1.807, 2.05) is 24.3 Å². The molecule has 0 atom stereocenters. The van der Waals surface area contributed by atoms with Crippen LogP contribution in [-0.2, 0) is 24.1 Å². The molecule has 0 aliphatic carbocycles. The van der Waals surface area contributed by atoms with Gasteiger partial charge in [0.2, 0.25) is 5.91 Å². The molecule has 0 radical (unpaired) electrons. The van der Waals surface area contributed by atoms with Gasteiger partial charge in [0.15, 0.2) is 0 Å². The average Bonchev–Trinajstić information content (AvgIpc) is 2.72. The molecule has 0 aromatic heterocycles. The number of carbonyl (C=O) groups excluding carboxylic acids is 1. The number of piperidine rings is 1. The van der Waals surface area contributed by atoms with Crippen LogP contribution >= 0.6 is 11.6 Å². The average molecular weight is 436 g/mol. The van der Waals surface area contributed by atoms with E-state index in [0.717, 1.165) is 31.3 Å². The monoisotopic (exact) mass is 435 g/mol. The van der Waals surface area contributed by atoms with Crippen LogP contribution in [0.3, 0.4) is 0 Å². The molecule has 2 aromatic rings. The smallest absolute Gasteiger partial charge is 0.352 e. The van der Waals surface area contributed by atoms with Gasteiger partial charge in [-0.25, -0.2) is 0 Å². The lowest BCUT2D eigenvalue weighted by atomic mass is 9.95. The number of nitriles is 1. The van der Waals surface area contributed by atoms with Crippen molar-refractivity contribution in [3.05, 3.63) is 69.7 Å². The number of amides is 1. The summed E-state index contributed by atoms with van der Waals surface area (Å²) in [6.45, 7) is 1.99. The molecule has 1 saturated heterocycles. The number of rotatable bonds is 5. The number of nitrogens with one attached hydrogen (secondary N) is 1. The van der Waals surface area contributed by atoms with Gasteiger partial charge in [-0.1, -0.05) is 29.8 Å². The number of carbonyl (C=O) groups is 1. The van der Waals surface area contributed by atoms with Gasteiger partial charge in [0, 0.05) is 24.0 Å². The van der Waals surface area contributed by atoms with Crippen LogP contribution in [0.5, 0.6) is 0 Å². The van der Waals surface area contributed by atoms with Crippen LogP contribution in [0.2, 0.25) is 5.02 Å².